The van der Waals surface area contributed by atoms with Gasteiger partial charge in [0.2, 0.25) is 17.5 Å². The molecule has 0 aliphatic carbocycles. The van der Waals surface area contributed by atoms with Crippen LogP contribution in [0.15, 0.2) is 70.1 Å². The lowest BCUT2D eigenvalue weighted by atomic mass is 9.79. The molecule has 7 nitrogen and oxygen atoms in total. The molecule has 45 heavy (non-hydrogen) atoms. The predicted octanol–water partition coefficient (Wildman–Crippen LogP) is 9.40. The molecule has 5 aromatic rings. The summed E-state index contributed by atoms with van der Waals surface area (Å²) in [6, 6.07) is 18.6. The first-order valence-electron chi connectivity index (χ1n) is 15.6. The van der Waals surface area contributed by atoms with E-state index in [9.17, 15) is 4.39 Å². The maximum Gasteiger partial charge on any atom is 0.245 e. The van der Waals surface area contributed by atoms with Crippen LogP contribution in [0.5, 0.6) is 5.88 Å². The summed E-state index contributed by atoms with van der Waals surface area (Å²) in [7, 11) is 0. The van der Waals surface area contributed by atoms with Crippen molar-refractivity contribution in [2.75, 3.05) is 11.3 Å². The van der Waals surface area contributed by atoms with Gasteiger partial charge in [-0.3, -0.25) is 4.72 Å². The number of nitrogens with zero attached hydrogens (tertiary/aromatic N) is 4. The topological polar surface area (TPSA) is 86.0 Å². The zero-order valence-electron chi connectivity index (χ0n) is 26.7. The average molecular weight is 626 g/mol. The Balaban J connectivity index is 1.40. The standard InChI is InChI=1S/C36H40FN5O2S/c1-21(2)31-17-30-34(44-31)38-19-26(39-30)16-28-24-11-8-12-27(15-24)45-42-35-40-29(33-22(3)9-7-10-23(33)4)18-32(41-35)43-20-25(28)13-14-36(5,6)37/h7-12,15,17-19,21,25,28H,13-14,16,20H2,1-6H3,(H,40,41,42). The van der Waals surface area contributed by atoms with Crippen molar-refractivity contribution in [3.8, 4) is 17.1 Å². The molecule has 2 aromatic carbocycles. The summed E-state index contributed by atoms with van der Waals surface area (Å²) in [5.41, 5.74) is 6.12. The van der Waals surface area contributed by atoms with E-state index in [4.69, 9.17) is 24.1 Å². The number of furan rings is 1. The van der Waals surface area contributed by atoms with Gasteiger partial charge in [0.05, 0.1) is 24.2 Å². The van der Waals surface area contributed by atoms with E-state index in [-0.39, 0.29) is 17.8 Å². The number of aromatic nitrogens is 4. The molecule has 2 atom stereocenters. The lowest BCUT2D eigenvalue weighted by Gasteiger charge is -2.30. The van der Waals surface area contributed by atoms with E-state index in [0.29, 0.717) is 43.4 Å². The molecule has 0 saturated carbocycles. The molecule has 1 N–H and O–H groups in total. The van der Waals surface area contributed by atoms with Crippen molar-refractivity contribution in [2.45, 2.75) is 83.2 Å². The van der Waals surface area contributed by atoms with Gasteiger partial charge in [0, 0.05) is 34.4 Å². The fraction of sp³-hybridized carbons (Fsp3) is 0.389. The molecule has 0 amide bonds. The molecule has 1 aliphatic heterocycles. The molecular formula is C36H40FN5O2S. The molecule has 0 spiro atoms. The molecule has 4 bridgehead atoms. The largest absolute Gasteiger partial charge is 0.477 e. The molecule has 3 aromatic heterocycles. The first-order valence-corrected chi connectivity index (χ1v) is 16.4. The van der Waals surface area contributed by atoms with Crippen LogP contribution in [0.1, 0.15) is 80.5 Å². The number of hydrogen-bond donors (Lipinski definition) is 1. The number of fused-ring (bicyclic) bond motifs is 5. The van der Waals surface area contributed by atoms with Gasteiger partial charge >= 0.3 is 0 Å². The minimum absolute atomic E-state index is 0.00469. The number of nitrogens with one attached hydrogen (secondary N) is 1. The number of benzene rings is 2. The monoisotopic (exact) mass is 625 g/mol. The van der Waals surface area contributed by atoms with E-state index in [1.54, 1.807) is 20.0 Å². The molecule has 6 rings (SSSR count). The highest BCUT2D eigenvalue weighted by Crippen LogP contribution is 2.38. The van der Waals surface area contributed by atoms with E-state index >= 15 is 0 Å². The van der Waals surface area contributed by atoms with Crippen molar-refractivity contribution in [3.05, 3.63) is 88.9 Å². The molecule has 234 valence electrons. The average Bonchev–Trinajstić information content (AvgIpc) is 3.42. The van der Waals surface area contributed by atoms with Gasteiger partial charge in [-0.05, 0) is 93.6 Å². The Hall–Kier alpha value is -3.98. The molecule has 1 aliphatic rings. The summed E-state index contributed by atoms with van der Waals surface area (Å²) < 4.78 is 30.8. The van der Waals surface area contributed by atoms with Crippen molar-refractivity contribution in [3.63, 3.8) is 0 Å². The highest BCUT2D eigenvalue weighted by Gasteiger charge is 2.29. The van der Waals surface area contributed by atoms with Crippen LogP contribution in [-0.2, 0) is 6.42 Å². The van der Waals surface area contributed by atoms with Gasteiger partial charge in [-0.25, -0.2) is 19.3 Å². The second-order valence-electron chi connectivity index (χ2n) is 13.0. The Morgan fingerprint density at radius 1 is 1.02 bits per heavy atom. The fourth-order valence-electron chi connectivity index (χ4n) is 5.97. The lowest BCUT2D eigenvalue weighted by Crippen LogP contribution is -2.26. The summed E-state index contributed by atoms with van der Waals surface area (Å²) >= 11 is 1.46. The van der Waals surface area contributed by atoms with Crippen LogP contribution in [0.25, 0.3) is 22.5 Å². The van der Waals surface area contributed by atoms with Crippen molar-refractivity contribution < 1.29 is 13.5 Å². The Bertz CT molecular complexity index is 1800. The molecule has 2 unspecified atom stereocenters. The van der Waals surface area contributed by atoms with Crippen LogP contribution < -0.4 is 9.46 Å². The summed E-state index contributed by atoms with van der Waals surface area (Å²) in [4.78, 5) is 20.2. The van der Waals surface area contributed by atoms with Crippen molar-refractivity contribution in [1.82, 2.24) is 19.9 Å². The molecule has 0 fully saturated rings. The van der Waals surface area contributed by atoms with Crippen LogP contribution in [0.2, 0.25) is 0 Å². The van der Waals surface area contributed by atoms with Crippen LogP contribution in [-0.4, -0.2) is 32.2 Å². The van der Waals surface area contributed by atoms with E-state index < -0.39 is 5.67 Å². The SMILES string of the molecule is Cc1cccc(C)c1-c1cc2nc(n1)NSc1cccc(c1)C(Cc1cnc3oc(C(C)C)cc3n1)C(CCC(C)(C)F)CO2. The van der Waals surface area contributed by atoms with Gasteiger partial charge in [-0.2, -0.15) is 4.98 Å². The maximum atomic E-state index is 15.0. The number of halogens is 1. The summed E-state index contributed by atoms with van der Waals surface area (Å²) in [5, 5.41) is 0. The van der Waals surface area contributed by atoms with Crippen molar-refractivity contribution >= 4 is 29.1 Å². The number of ether oxygens (including phenoxy) is 1. The number of aryl methyl sites for hydroxylation is 2. The summed E-state index contributed by atoms with van der Waals surface area (Å²) in [6.45, 7) is 12.0. The Labute approximate surface area is 268 Å². The van der Waals surface area contributed by atoms with Gasteiger partial charge in [0.1, 0.15) is 16.9 Å². The van der Waals surface area contributed by atoms with E-state index in [1.165, 1.54) is 11.9 Å². The highest BCUT2D eigenvalue weighted by molar-refractivity contribution is 8.00. The smallest absolute Gasteiger partial charge is 0.245 e. The molecule has 9 heteroatoms. The van der Waals surface area contributed by atoms with Gasteiger partial charge in [-0.15, -0.1) is 0 Å². The van der Waals surface area contributed by atoms with Crippen LogP contribution in [0.3, 0.4) is 0 Å². The Morgan fingerprint density at radius 2 is 1.80 bits per heavy atom. The second-order valence-corrected chi connectivity index (χ2v) is 13.8. The zero-order chi connectivity index (χ0) is 31.7. The fourth-order valence-corrected chi connectivity index (χ4v) is 6.61. The number of anilines is 1. The molecular weight excluding hydrogens is 585 g/mol. The van der Waals surface area contributed by atoms with E-state index in [1.807, 2.05) is 12.1 Å². The Kier molecular flexibility index (Phi) is 8.82. The number of rotatable bonds is 7. The van der Waals surface area contributed by atoms with Crippen LogP contribution >= 0.6 is 11.9 Å². The normalized spacial score (nSPS) is 17.0. The van der Waals surface area contributed by atoms with Gasteiger partial charge in [0.25, 0.3) is 0 Å². The van der Waals surface area contributed by atoms with Gasteiger partial charge in [0.15, 0.2) is 0 Å². The quantitative estimate of drug-likeness (QED) is 0.179. The first-order chi connectivity index (χ1) is 21.5. The van der Waals surface area contributed by atoms with E-state index in [0.717, 1.165) is 49.8 Å². The molecule has 0 saturated heterocycles. The number of hydrogen-bond acceptors (Lipinski definition) is 8. The number of alkyl halides is 1. The van der Waals surface area contributed by atoms with Crippen molar-refractivity contribution in [1.29, 1.82) is 0 Å². The summed E-state index contributed by atoms with van der Waals surface area (Å²) in [5.74, 6) is 2.04. The predicted molar refractivity (Wildman–Crippen MR) is 179 cm³/mol. The third kappa shape index (κ3) is 7.30. The molecule has 4 heterocycles. The lowest BCUT2D eigenvalue weighted by molar-refractivity contribution is 0.152. The van der Waals surface area contributed by atoms with Crippen LogP contribution in [0.4, 0.5) is 10.3 Å². The minimum Gasteiger partial charge on any atom is -0.477 e. The van der Waals surface area contributed by atoms with Crippen molar-refractivity contribution in [2.24, 2.45) is 5.92 Å². The van der Waals surface area contributed by atoms with Gasteiger partial charge in [-0.1, -0.05) is 44.2 Å². The maximum absolute atomic E-state index is 15.0. The third-order valence-corrected chi connectivity index (χ3v) is 9.19. The first kappa shape index (κ1) is 31.0. The van der Waals surface area contributed by atoms with Gasteiger partial charge < -0.3 is 9.15 Å². The summed E-state index contributed by atoms with van der Waals surface area (Å²) in [6.07, 6.45) is 3.46. The zero-order valence-corrected chi connectivity index (χ0v) is 27.5. The third-order valence-electron chi connectivity index (χ3n) is 8.42. The highest BCUT2D eigenvalue weighted by atomic mass is 32.2. The second kappa shape index (κ2) is 12.8. The minimum atomic E-state index is -1.31. The Morgan fingerprint density at radius 3 is 2.56 bits per heavy atom. The van der Waals surface area contributed by atoms with Crippen LogP contribution in [0, 0.1) is 19.8 Å². The van der Waals surface area contributed by atoms with E-state index in [2.05, 4.69) is 79.9 Å². The molecule has 0 radical (unpaired) electrons.